The minimum Gasteiger partial charge on any atom is -0.404 e. The van der Waals surface area contributed by atoms with E-state index in [4.69, 9.17) is 4.43 Å². The maximum atomic E-state index is 10.8. The first-order chi connectivity index (χ1) is 15.9. The summed E-state index contributed by atoms with van der Waals surface area (Å²) in [4.78, 5) is 0. The number of hydrogen-bond donors (Lipinski definition) is 1. The maximum absolute atomic E-state index is 10.8. The molecule has 3 rings (SSSR count). The van der Waals surface area contributed by atoms with Crippen LogP contribution in [0.1, 0.15) is 39.2 Å². The van der Waals surface area contributed by atoms with Crippen LogP contribution in [-0.4, -0.2) is 25.6 Å². The van der Waals surface area contributed by atoms with E-state index in [1.54, 1.807) is 0 Å². The molecule has 0 saturated carbocycles. The van der Waals surface area contributed by atoms with E-state index >= 15 is 0 Å². The Morgan fingerprint density at radius 2 is 1.36 bits per heavy atom. The largest absolute Gasteiger partial charge is 0.404 e. The van der Waals surface area contributed by atoms with E-state index in [-0.39, 0.29) is 11.1 Å². The average Bonchev–Trinajstić information content (AvgIpc) is 2.82. The van der Waals surface area contributed by atoms with Crippen molar-refractivity contribution < 1.29 is 9.53 Å². The van der Waals surface area contributed by atoms with Gasteiger partial charge in [0.2, 0.25) is 0 Å². The molecule has 0 fully saturated rings. The van der Waals surface area contributed by atoms with Gasteiger partial charge >= 0.3 is 0 Å². The normalized spacial score (nSPS) is 13.5. The number of benzene rings is 3. The van der Waals surface area contributed by atoms with Crippen LogP contribution in [0.15, 0.2) is 104 Å². The Morgan fingerprint density at radius 1 is 0.879 bits per heavy atom. The van der Waals surface area contributed by atoms with Gasteiger partial charge in [0.1, 0.15) is 6.10 Å². The van der Waals surface area contributed by atoms with E-state index in [1.807, 2.05) is 48.5 Å². The molecule has 0 aliphatic heterocycles. The van der Waals surface area contributed by atoms with Crippen LogP contribution >= 0.6 is 0 Å². The van der Waals surface area contributed by atoms with Gasteiger partial charge in [-0.25, -0.2) is 0 Å². The van der Waals surface area contributed by atoms with Crippen LogP contribution in [0.25, 0.3) is 0 Å². The van der Waals surface area contributed by atoms with Crippen molar-refractivity contribution in [2.45, 2.75) is 50.9 Å². The molecule has 2 atom stereocenters. The molecule has 0 radical (unpaired) electrons. The summed E-state index contributed by atoms with van der Waals surface area (Å²) in [5.41, 5.74) is 0.893. The van der Waals surface area contributed by atoms with Gasteiger partial charge in [-0.3, -0.25) is 0 Å². The fourth-order valence-electron chi connectivity index (χ4n) is 4.32. The smallest absolute Gasteiger partial charge is 0.261 e. The zero-order valence-electron chi connectivity index (χ0n) is 19.9. The van der Waals surface area contributed by atoms with Crippen LogP contribution in [0.2, 0.25) is 5.04 Å². The second kappa shape index (κ2) is 11.3. The molecular formula is C30H34O2Si. The molecule has 0 saturated heterocycles. The lowest BCUT2D eigenvalue weighted by Crippen LogP contribution is -2.67. The van der Waals surface area contributed by atoms with E-state index in [9.17, 15) is 5.11 Å². The summed E-state index contributed by atoms with van der Waals surface area (Å²) in [6, 6.07) is 30.9. The van der Waals surface area contributed by atoms with Crippen LogP contribution in [0, 0.1) is 11.8 Å². The summed E-state index contributed by atoms with van der Waals surface area (Å²) in [7, 11) is -2.71. The summed E-state index contributed by atoms with van der Waals surface area (Å²) in [6.07, 6.45) is 1.97. The molecule has 0 aliphatic carbocycles. The van der Waals surface area contributed by atoms with Crippen molar-refractivity contribution in [1.29, 1.82) is 0 Å². The SMILES string of the molecule is C=CC[C@@H](C[C@@H](O)C#Cc1ccccc1)O[Si](c1ccccc1)(c1ccccc1)C(C)(C)C. The summed E-state index contributed by atoms with van der Waals surface area (Å²) in [5, 5.41) is 13.1. The van der Waals surface area contributed by atoms with Gasteiger partial charge in [0.25, 0.3) is 8.32 Å². The molecule has 0 unspecified atom stereocenters. The fourth-order valence-corrected chi connectivity index (χ4v) is 9.02. The van der Waals surface area contributed by atoms with E-state index in [0.29, 0.717) is 12.8 Å². The Bertz CT molecular complexity index is 1020. The highest BCUT2D eigenvalue weighted by Gasteiger charge is 2.51. The number of rotatable bonds is 8. The maximum Gasteiger partial charge on any atom is 0.261 e. The quantitative estimate of drug-likeness (QED) is 0.284. The van der Waals surface area contributed by atoms with Crippen LogP contribution in [-0.2, 0) is 4.43 Å². The van der Waals surface area contributed by atoms with E-state index in [0.717, 1.165) is 5.56 Å². The first-order valence-electron chi connectivity index (χ1n) is 11.5. The van der Waals surface area contributed by atoms with Crippen molar-refractivity contribution in [3.8, 4) is 11.8 Å². The van der Waals surface area contributed by atoms with Gasteiger partial charge in [-0.05, 0) is 34.0 Å². The first-order valence-corrected chi connectivity index (χ1v) is 13.4. The van der Waals surface area contributed by atoms with Crippen molar-refractivity contribution >= 4 is 18.7 Å². The average molecular weight is 455 g/mol. The van der Waals surface area contributed by atoms with Crippen molar-refractivity contribution in [2.24, 2.45) is 0 Å². The standard InChI is InChI=1S/C30H34O2Si/c1-5-15-27(24-26(31)23-22-25-16-9-6-10-17-25)32-33(30(2,3)4,28-18-11-7-12-19-28)29-20-13-8-14-21-29/h5-14,16-21,26-27,31H,1,15,24H2,2-4H3/t26-,27-/m0/s1. The molecule has 3 heteroatoms. The number of aliphatic hydroxyl groups is 1. The molecule has 0 aromatic heterocycles. The van der Waals surface area contributed by atoms with Crippen LogP contribution in [0.3, 0.4) is 0 Å². The Morgan fingerprint density at radius 3 is 1.82 bits per heavy atom. The molecule has 170 valence electrons. The molecule has 1 N–H and O–H groups in total. The summed E-state index contributed by atoms with van der Waals surface area (Å²) >= 11 is 0. The molecular weight excluding hydrogens is 420 g/mol. The predicted molar refractivity (Wildman–Crippen MR) is 141 cm³/mol. The zero-order chi connectivity index (χ0) is 23.7. The monoisotopic (exact) mass is 454 g/mol. The molecule has 0 heterocycles. The van der Waals surface area contributed by atoms with E-state index in [2.05, 4.69) is 87.7 Å². The Balaban J connectivity index is 1.99. The molecule has 33 heavy (non-hydrogen) atoms. The first kappa shape index (κ1) is 24.7. The number of aliphatic hydroxyl groups excluding tert-OH is 1. The zero-order valence-corrected chi connectivity index (χ0v) is 20.9. The molecule has 3 aromatic rings. The van der Waals surface area contributed by atoms with Crippen molar-refractivity contribution in [3.05, 3.63) is 109 Å². The van der Waals surface area contributed by atoms with Gasteiger partial charge in [-0.1, -0.05) is 118 Å². The second-order valence-electron chi connectivity index (χ2n) is 9.31. The van der Waals surface area contributed by atoms with Gasteiger partial charge in [-0.15, -0.1) is 6.58 Å². The third kappa shape index (κ3) is 6.12. The highest BCUT2D eigenvalue weighted by Crippen LogP contribution is 2.38. The van der Waals surface area contributed by atoms with Crippen LogP contribution in [0.4, 0.5) is 0 Å². The van der Waals surface area contributed by atoms with Gasteiger partial charge in [0, 0.05) is 12.0 Å². The summed E-state index contributed by atoms with van der Waals surface area (Å²) < 4.78 is 7.18. The lowest BCUT2D eigenvalue weighted by molar-refractivity contribution is 0.120. The van der Waals surface area contributed by atoms with Gasteiger partial charge in [0.15, 0.2) is 0 Å². The van der Waals surface area contributed by atoms with Gasteiger partial charge < -0.3 is 9.53 Å². The molecule has 0 spiro atoms. The summed E-state index contributed by atoms with van der Waals surface area (Å²) in [6.45, 7) is 10.7. The lowest BCUT2D eigenvalue weighted by atomic mass is 10.1. The van der Waals surface area contributed by atoms with Gasteiger partial charge in [-0.2, -0.15) is 0 Å². The Hall–Kier alpha value is -2.90. The van der Waals surface area contributed by atoms with Crippen molar-refractivity contribution in [1.82, 2.24) is 0 Å². The third-order valence-electron chi connectivity index (χ3n) is 5.83. The highest BCUT2D eigenvalue weighted by molar-refractivity contribution is 6.99. The van der Waals surface area contributed by atoms with E-state index < -0.39 is 14.4 Å². The Labute approximate surface area is 200 Å². The molecule has 3 aromatic carbocycles. The molecule has 0 aliphatic rings. The second-order valence-corrected chi connectivity index (χ2v) is 13.6. The number of hydrogen-bond acceptors (Lipinski definition) is 2. The minimum absolute atomic E-state index is 0.129. The molecule has 0 bridgehead atoms. The van der Waals surface area contributed by atoms with Gasteiger partial charge in [0.05, 0.1) is 6.10 Å². The molecule has 0 amide bonds. The van der Waals surface area contributed by atoms with Crippen LogP contribution < -0.4 is 10.4 Å². The van der Waals surface area contributed by atoms with Crippen molar-refractivity contribution in [2.75, 3.05) is 0 Å². The fraction of sp³-hybridized carbons (Fsp3) is 0.267. The highest BCUT2D eigenvalue weighted by atomic mass is 28.4. The third-order valence-corrected chi connectivity index (χ3v) is 10.9. The lowest BCUT2D eigenvalue weighted by Gasteiger charge is -2.45. The minimum atomic E-state index is -2.71. The van der Waals surface area contributed by atoms with Crippen LogP contribution in [0.5, 0.6) is 0 Å². The summed E-state index contributed by atoms with van der Waals surface area (Å²) in [5.74, 6) is 6.08. The predicted octanol–water partition coefficient (Wildman–Crippen LogP) is 5.31. The topological polar surface area (TPSA) is 29.5 Å². The molecule has 2 nitrogen and oxygen atoms in total. The van der Waals surface area contributed by atoms with E-state index in [1.165, 1.54) is 10.4 Å². The Kier molecular flexibility index (Phi) is 8.47. The van der Waals surface area contributed by atoms with Crippen molar-refractivity contribution in [3.63, 3.8) is 0 Å².